The molecule has 0 aromatic heterocycles. The summed E-state index contributed by atoms with van der Waals surface area (Å²) in [5.41, 5.74) is 7.31. The molecule has 4 aliphatic rings. The van der Waals surface area contributed by atoms with Gasteiger partial charge in [-0.1, -0.05) is 17.7 Å². The third-order valence-corrected chi connectivity index (χ3v) is 5.67. The zero-order valence-corrected chi connectivity index (χ0v) is 16.5. The Morgan fingerprint density at radius 2 is 1.87 bits per heavy atom. The SMILES string of the molecule is N/C=C(/Cl)C1=NC(c2c(F)cccc2F)=Nc2ccc(N3CC4CC(C3)O4)cc2N1. The molecule has 0 saturated carbocycles. The van der Waals surface area contributed by atoms with E-state index in [-0.39, 0.29) is 34.5 Å². The van der Waals surface area contributed by atoms with E-state index >= 15 is 0 Å². The number of benzene rings is 2. The largest absolute Gasteiger partial charge is 0.403 e. The highest BCUT2D eigenvalue weighted by molar-refractivity contribution is 6.46. The maximum Gasteiger partial charge on any atom is 0.168 e. The van der Waals surface area contributed by atoms with Crippen molar-refractivity contribution in [1.82, 2.24) is 0 Å². The van der Waals surface area contributed by atoms with Gasteiger partial charge >= 0.3 is 0 Å². The molecule has 0 radical (unpaired) electrons. The summed E-state index contributed by atoms with van der Waals surface area (Å²) in [7, 11) is 0. The van der Waals surface area contributed by atoms with Crippen molar-refractivity contribution in [2.45, 2.75) is 18.6 Å². The molecule has 0 spiro atoms. The molecule has 4 aliphatic heterocycles. The zero-order valence-electron chi connectivity index (χ0n) is 15.8. The molecule has 9 heteroatoms. The molecule has 3 fully saturated rings. The number of aliphatic imine (C=N–C) groups is 2. The van der Waals surface area contributed by atoms with Gasteiger partial charge in [-0.25, -0.2) is 18.8 Å². The van der Waals surface area contributed by atoms with Crippen molar-refractivity contribution in [2.24, 2.45) is 15.7 Å². The van der Waals surface area contributed by atoms with Gasteiger partial charge in [0, 0.05) is 31.4 Å². The number of piperidine rings is 1. The van der Waals surface area contributed by atoms with Gasteiger partial charge in [0.2, 0.25) is 0 Å². The molecular weight excluding hydrogens is 412 g/mol. The Kier molecular flexibility index (Phi) is 4.67. The minimum atomic E-state index is -0.766. The number of rotatable bonds is 3. The van der Waals surface area contributed by atoms with Crippen LogP contribution in [-0.4, -0.2) is 37.0 Å². The number of amidine groups is 2. The summed E-state index contributed by atoms with van der Waals surface area (Å²) in [6.07, 6.45) is 2.77. The number of anilines is 2. The molecule has 4 heterocycles. The van der Waals surface area contributed by atoms with Gasteiger partial charge in [-0.05, 0) is 30.3 Å². The number of morpholine rings is 1. The van der Waals surface area contributed by atoms with Gasteiger partial charge in [0.05, 0.1) is 34.2 Å². The molecule has 30 heavy (non-hydrogen) atoms. The molecule has 6 rings (SSSR count). The Balaban J connectivity index is 1.59. The van der Waals surface area contributed by atoms with Crippen LogP contribution in [0.5, 0.6) is 0 Å². The number of ether oxygens (including phenoxy) is 1. The second-order valence-electron chi connectivity index (χ2n) is 7.35. The van der Waals surface area contributed by atoms with E-state index in [1.165, 1.54) is 6.07 Å². The van der Waals surface area contributed by atoms with Crippen molar-refractivity contribution < 1.29 is 13.5 Å². The summed E-state index contributed by atoms with van der Waals surface area (Å²) >= 11 is 6.20. The standard InChI is InChI=1S/C21H18ClF2N5O/c22-14(8-25)20-27-18-6-11(29-9-12-7-13(10-29)30-12)4-5-17(18)26-21(28-20)19-15(23)2-1-3-16(19)24/h1-6,8,12-13H,7,9-10,25H2,(H,26,27,28)/b14-8+. The van der Waals surface area contributed by atoms with Crippen molar-refractivity contribution >= 4 is 40.3 Å². The lowest BCUT2D eigenvalue weighted by atomic mass is 9.98. The van der Waals surface area contributed by atoms with Crippen molar-refractivity contribution in [2.75, 3.05) is 23.3 Å². The average Bonchev–Trinajstić information content (AvgIpc) is 2.91. The van der Waals surface area contributed by atoms with Crippen LogP contribution in [-0.2, 0) is 4.74 Å². The first-order valence-electron chi connectivity index (χ1n) is 9.53. The highest BCUT2D eigenvalue weighted by Crippen LogP contribution is 2.37. The van der Waals surface area contributed by atoms with Gasteiger partial charge in [-0.15, -0.1) is 0 Å². The average molecular weight is 430 g/mol. The number of hydrogen-bond donors (Lipinski definition) is 2. The van der Waals surface area contributed by atoms with Crippen LogP contribution in [0.1, 0.15) is 12.0 Å². The lowest BCUT2D eigenvalue weighted by molar-refractivity contribution is -0.133. The van der Waals surface area contributed by atoms with Crippen molar-refractivity contribution in [3.05, 3.63) is 64.8 Å². The van der Waals surface area contributed by atoms with Gasteiger partial charge in [0.1, 0.15) is 11.6 Å². The molecule has 0 amide bonds. The molecule has 6 nitrogen and oxygen atoms in total. The van der Waals surface area contributed by atoms with E-state index < -0.39 is 11.6 Å². The maximum atomic E-state index is 14.4. The number of nitrogens with one attached hydrogen (secondary N) is 1. The summed E-state index contributed by atoms with van der Waals surface area (Å²) in [5.74, 6) is -1.51. The molecule has 2 aromatic rings. The zero-order chi connectivity index (χ0) is 20.8. The number of fused-ring (bicyclic) bond motifs is 3. The van der Waals surface area contributed by atoms with E-state index in [0.717, 1.165) is 43.5 Å². The monoisotopic (exact) mass is 429 g/mol. The number of hydrogen-bond acceptors (Lipinski definition) is 6. The quantitative estimate of drug-likeness (QED) is 0.776. The molecule has 3 N–H and O–H groups in total. The van der Waals surface area contributed by atoms with Crippen LogP contribution in [0.3, 0.4) is 0 Å². The fourth-order valence-corrected chi connectivity index (χ4v) is 3.99. The first-order chi connectivity index (χ1) is 14.5. The van der Waals surface area contributed by atoms with Crippen molar-refractivity contribution in [3.63, 3.8) is 0 Å². The van der Waals surface area contributed by atoms with Crippen LogP contribution in [0.25, 0.3) is 0 Å². The molecule has 2 aromatic carbocycles. The minimum Gasteiger partial charge on any atom is -0.403 e. The van der Waals surface area contributed by atoms with Crippen LogP contribution in [0.4, 0.5) is 25.8 Å². The molecule has 2 atom stereocenters. The summed E-state index contributed by atoms with van der Waals surface area (Å²) in [5, 5.41) is 3.21. The molecule has 0 aliphatic carbocycles. The Labute approximate surface area is 176 Å². The second kappa shape index (κ2) is 7.37. The van der Waals surface area contributed by atoms with Crippen LogP contribution >= 0.6 is 11.6 Å². The molecule has 2 unspecified atom stereocenters. The molecule has 3 saturated heterocycles. The molecule has 2 bridgehead atoms. The van der Waals surface area contributed by atoms with Crippen LogP contribution in [0, 0.1) is 11.6 Å². The van der Waals surface area contributed by atoms with Gasteiger partial charge in [0.15, 0.2) is 11.7 Å². The van der Waals surface area contributed by atoms with E-state index in [2.05, 4.69) is 20.2 Å². The van der Waals surface area contributed by atoms with E-state index in [0.29, 0.717) is 11.4 Å². The predicted molar refractivity (Wildman–Crippen MR) is 114 cm³/mol. The van der Waals surface area contributed by atoms with Gasteiger partial charge < -0.3 is 20.7 Å². The fraction of sp³-hybridized carbons (Fsp3) is 0.238. The summed E-state index contributed by atoms with van der Waals surface area (Å²) < 4.78 is 34.5. The first-order valence-corrected chi connectivity index (χ1v) is 9.90. The van der Waals surface area contributed by atoms with E-state index in [1.807, 2.05) is 12.1 Å². The Bertz CT molecular complexity index is 1080. The van der Waals surface area contributed by atoms with E-state index in [4.69, 9.17) is 22.1 Å². The molecule has 154 valence electrons. The smallest absolute Gasteiger partial charge is 0.168 e. The Hall–Kier alpha value is -2.97. The second-order valence-corrected chi connectivity index (χ2v) is 7.76. The summed E-state index contributed by atoms with van der Waals surface area (Å²) in [4.78, 5) is 10.9. The Morgan fingerprint density at radius 3 is 2.53 bits per heavy atom. The first kappa shape index (κ1) is 19.0. The van der Waals surface area contributed by atoms with Gasteiger partial charge in [-0.2, -0.15) is 0 Å². The summed E-state index contributed by atoms with van der Waals surface area (Å²) in [6.45, 7) is 1.63. The lowest BCUT2D eigenvalue weighted by Crippen LogP contribution is -2.57. The Morgan fingerprint density at radius 1 is 1.17 bits per heavy atom. The van der Waals surface area contributed by atoms with Crippen LogP contribution < -0.4 is 16.0 Å². The van der Waals surface area contributed by atoms with Crippen LogP contribution in [0.15, 0.2) is 57.6 Å². The minimum absolute atomic E-state index is 0.102. The van der Waals surface area contributed by atoms with Crippen molar-refractivity contribution in [1.29, 1.82) is 0 Å². The highest BCUT2D eigenvalue weighted by Gasteiger charge is 2.38. The van der Waals surface area contributed by atoms with Gasteiger partial charge in [0.25, 0.3) is 0 Å². The lowest BCUT2D eigenvalue weighted by Gasteiger charge is -2.48. The number of nitrogens with two attached hydrogens (primary N) is 1. The topological polar surface area (TPSA) is 75.2 Å². The van der Waals surface area contributed by atoms with Crippen molar-refractivity contribution in [3.8, 4) is 0 Å². The number of halogens is 3. The highest BCUT2D eigenvalue weighted by atomic mass is 35.5. The molecular formula is C21H18ClF2N5O. The summed E-state index contributed by atoms with van der Waals surface area (Å²) in [6, 6.07) is 9.23. The predicted octanol–water partition coefficient (Wildman–Crippen LogP) is 3.88. The van der Waals surface area contributed by atoms with Gasteiger partial charge in [-0.3, -0.25) is 0 Å². The fourth-order valence-electron chi connectivity index (χ4n) is 3.90. The van der Waals surface area contributed by atoms with Crippen LogP contribution in [0.2, 0.25) is 0 Å². The van der Waals surface area contributed by atoms with E-state index in [9.17, 15) is 8.78 Å². The number of nitrogens with zero attached hydrogens (tertiary/aromatic N) is 3. The van der Waals surface area contributed by atoms with E-state index in [1.54, 1.807) is 6.07 Å². The maximum absolute atomic E-state index is 14.4. The third kappa shape index (κ3) is 3.32. The third-order valence-electron chi connectivity index (χ3n) is 5.36. The normalized spacial score (nSPS) is 22.9.